The van der Waals surface area contributed by atoms with Crippen molar-refractivity contribution in [1.29, 1.82) is 0 Å². The lowest BCUT2D eigenvalue weighted by molar-refractivity contribution is -0.136. The van der Waals surface area contributed by atoms with Gasteiger partial charge in [0.15, 0.2) is 0 Å². The molecule has 1 amide bonds. The molecule has 1 saturated heterocycles. The summed E-state index contributed by atoms with van der Waals surface area (Å²) in [5.74, 6) is 2.52. The predicted octanol–water partition coefficient (Wildman–Crippen LogP) is 2.64. The monoisotopic (exact) mass is 426 g/mol. The number of aliphatic hydroxyl groups is 1. The van der Waals surface area contributed by atoms with Crippen LogP contribution in [0.5, 0.6) is 0 Å². The van der Waals surface area contributed by atoms with Crippen molar-refractivity contribution in [3.63, 3.8) is 0 Å². The highest BCUT2D eigenvalue weighted by molar-refractivity contribution is 5.95. The Labute approximate surface area is 184 Å². The first kappa shape index (κ1) is 19.9. The summed E-state index contributed by atoms with van der Waals surface area (Å²) in [7, 11) is 0. The first-order valence-corrected chi connectivity index (χ1v) is 12.2. The molecule has 1 aliphatic heterocycles. The summed E-state index contributed by atoms with van der Waals surface area (Å²) in [6.45, 7) is 4.33. The third-order valence-electron chi connectivity index (χ3n) is 8.60. The number of rotatable bonds is 4. The van der Waals surface area contributed by atoms with Gasteiger partial charge in [-0.2, -0.15) is 0 Å². The van der Waals surface area contributed by atoms with E-state index in [1.54, 1.807) is 6.20 Å². The summed E-state index contributed by atoms with van der Waals surface area (Å²) in [4.78, 5) is 25.2. The normalized spacial score (nSPS) is 39.4. The van der Waals surface area contributed by atoms with Crippen LogP contribution in [0.25, 0.3) is 0 Å². The van der Waals surface area contributed by atoms with Crippen LogP contribution in [0.15, 0.2) is 6.20 Å². The fourth-order valence-corrected chi connectivity index (χ4v) is 7.15. The topological polar surface area (TPSA) is 87.6 Å². The molecule has 6 aliphatic rings. The van der Waals surface area contributed by atoms with Gasteiger partial charge in [0.25, 0.3) is 5.91 Å². The van der Waals surface area contributed by atoms with Crippen LogP contribution in [-0.4, -0.2) is 58.4 Å². The summed E-state index contributed by atoms with van der Waals surface area (Å²) >= 11 is 0. The molecule has 6 fully saturated rings. The minimum Gasteiger partial charge on any atom is -0.390 e. The lowest BCUT2D eigenvalue weighted by Gasteiger charge is -2.58. The second-order valence-corrected chi connectivity index (χ2v) is 10.9. The fourth-order valence-electron chi connectivity index (χ4n) is 7.15. The van der Waals surface area contributed by atoms with Gasteiger partial charge in [0, 0.05) is 31.2 Å². The van der Waals surface area contributed by atoms with Gasteiger partial charge >= 0.3 is 0 Å². The van der Waals surface area contributed by atoms with E-state index in [1.165, 1.54) is 6.42 Å². The molecule has 2 unspecified atom stereocenters. The average molecular weight is 427 g/mol. The van der Waals surface area contributed by atoms with Crippen molar-refractivity contribution in [3.8, 4) is 0 Å². The Morgan fingerprint density at radius 3 is 2.68 bits per heavy atom. The van der Waals surface area contributed by atoms with E-state index in [9.17, 15) is 9.90 Å². The molecule has 168 valence electrons. The molecular weight excluding hydrogens is 392 g/mol. The number of ether oxygens (including phenoxy) is 1. The molecule has 7 rings (SSSR count). The number of amides is 1. The summed E-state index contributed by atoms with van der Waals surface area (Å²) in [6, 6.07) is 0.179. The number of nitrogens with one attached hydrogen (secondary N) is 1. The van der Waals surface area contributed by atoms with Gasteiger partial charge in [-0.05, 0) is 69.6 Å². The van der Waals surface area contributed by atoms with Crippen LogP contribution >= 0.6 is 0 Å². The number of carbonyl (C=O) groups is 1. The van der Waals surface area contributed by atoms with Crippen LogP contribution in [0.1, 0.15) is 80.3 Å². The van der Waals surface area contributed by atoms with Gasteiger partial charge in [-0.25, -0.2) is 9.97 Å². The van der Waals surface area contributed by atoms with Crippen molar-refractivity contribution in [2.45, 2.75) is 82.0 Å². The van der Waals surface area contributed by atoms with E-state index >= 15 is 0 Å². The average Bonchev–Trinajstić information content (AvgIpc) is 2.68. The molecule has 3 atom stereocenters. The number of aromatic nitrogens is 2. The van der Waals surface area contributed by atoms with Crippen molar-refractivity contribution < 1.29 is 14.6 Å². The van der Waals surface area contributed by atoms with E-state index in [2.05, 4.69) is 22.1 Å². The van der Waals surface area contributed by atoms with Gasteiger partial charge in [-0.1, -0.05) is 6.42 Å². The van der Waals surface area contributed by atoms with Gasteiger partial charge < -0.3 is 20.1 Å². The van der Waals surface area contributed by atoms with Crippen LogP contribution in [0.3, 0.4) is 0 Å². The van der Waals surface area contributed by atoms with Crippen LogP contribution < -0.4 is 10.2 Å². The van der Waals surface area contributed by atoms with E-state index in [-0.39, 0.29) is 18.1 Å². The SMILES string of the molecule is C[C@@H]1CN(c2ncc(C(=O)NC3C4CC5CC3CC(O)(C5)C4)c(C3CCC3)n2)CCO1. The molecule has 1 aromatic heterocycles. The summed E-state index contributed by atoms with van der Waals surface area (Å²) in [5.41, 5.74) is 1.10. The Morgan fingerprint density at radius 2 is 2.03 bits per heavy atom. The maximum atomic E-state index is 13.4. The van der Waals surface area contributed by atoms with Crippen molar-refractivity contribution in [1.82, 2.24) is 15.3 Å². The molecule has 0 radical (unpaired) electrons. The highest BCUT2D eigenvalue weighted by Crippen LogP contribution is 2.55. The predicted molar refractivity (Wildman–Crippen MR) is 116 cm³/mol. The zero-order valence-electron chi connectivity index (χ0n) is 18.4. The smallest absolute Gasteiger partial charge is 0.254 e. The molecule has 2 N–H and O–H groups in total. The zero-order chi connectivity index (χ0) is 21.2. The number of nitrogens with zero attached hydrogens (tertiary/aromatic N) is 3. The molecule has 7 heteroatoms. The van der Waals surface area contributed by atoms with Crippen LogP contribution in [-0.2, 0) is 4.74 Å². The van der Waals surface area contributed by atoms with E-state index in [4.69, 9.17) is 9.72 Å². The molecule has 4 bridgehead atoms. The van der Waals surface area contributed by atoms with Gasteiger partial charge in [0.05, 0.1) is 29.6 Å². The van der Waals surface area contributed by atoms with Crippen LogP contribution in [0, 0.1) is 17.8 Å². The minimum atomic E-state index is -0.477. The van der Waals surface area contributed by atoms with Crippen LogP contribution in [0.4, 0.5) is 5.95 Å². The maximum absolute atomic E-state index is 13.4. The largest absolute Gasteiger partial charge is 0.390 e. The van der Waals surface area contributed by atoms with Gasteiger partial charge in [-0.3, -0.25) is 4.79 Å². The Hall–Kier alpha value is -1.73. The molecule has 5 aliphatic carbocycles. The molecule has 31 heavy (non-hydrogen) atoms. The summed E-state index contributed by atoms with van der Waals surface area (Å²) < 4.78 is 5.66. The van der Waals surface area contributed by atoms with E-state index in [0.717, 1.165) is 69.7 Å². The van der Waals surface area contributed by atoms with E-state index < -0.39 is 5.60 Å². The second kappa shape index (κ2) is 7.41. The standard InChI is InChI=1S/C24H34N4O3/c1-14-13-28(5-6-31-14)23-25-12-19(21(27-23)16-3-2-4-16)22(29)26-20-17-7-15-8-18(20)11-24(30,9-15)10-17/h12,14-18,20,30H,2-11,13H2,1H3,(H,26,29)/t14-,15?,17?,18?,20?,24?/m1/s1. The molecule has 5 saturated carbocycles. The lowest BCUT2D eigenvalue weighted by Crippen LogP contribution is -2.61. The molecule has 7 nitrogen and oxygen atoms in total. The number of anilines is 1. The molecule has 0 spiro atoms. The van der Waals surface area contributed by atoms with E-state index in [1.807, 2.05) is 0 Å². The minimum absolute atomic E-state index is 0.0201. The van der Waals surface area contributed by atoms with Crippen molar-refractivity contribution in [3.05, 3.63) is 17.5 Å². The van der Waals surface area contributed by atoms with Gasteiger partial charge in [0.2, 0.25) is 5.95 Å². The Bertz CT molecular complexity index is 856. The van der Waals surface area contributed by atoms with E-state index in [0.29, 0.717) is 35.8 Å². The van der Waals surface area contributed by atoms with Crippen molar-refractivity contribution in [2.75, 3.05) is 24.6 Å². The number of morpholine rings is 1. The number of carbonyl (C=O) groups excluding carboxylic acids is 1. The highest BCUT2D eigenvalue weighted by atomic mass is 16.5. The molecule has 2 heterocycles. The third-order valence-corrected chi connectivity index (χ3v) is 8.60. The Kier molecular flexibility index (Phi) is 4.76. The Morgan fingerprint density at radius 1 is 1.26 bits per heavy atom. The first-order chi connectivity index (χ1) is 15.0. The molecular formula is C24H34N4O3. The second-order valence-electron chi connectivity index (χ2n) is 10.9. The third kappa shape index (κ3) is 3.54. The van der Waals surface area contributed by atoms with Crippen molar-refractivity contribution in [2.24, 2.45) is 17.8 Å². The summed E-state index contributed by atoms with van der Waals surface area (Å²) in [5, 5.41) is 14.2. The summed E-state index contributed by atoms with van der Waals surface area (Å²) in [6.07, 6.45) is 10.2. The first-order valence-electron chi connectivity index (χ1n) is 12.2. The van der Waals surface area contributed by atoms with Gasteiger partial charge in [-0.15, -0.1) is 0 Å². The van der Waals surface area contributed by atoms with Crippen LogP contribution in [0.2, 0.25) is 0 Å². The maximum Gasteiger partial charge on any atom is 0.254 e. The molecule has 0 aromatic carbocycles. The number of hydrogen-bond donors (Lipinski definition) is 2. The highest BCUT2D eigenvalue weighted by Gasteiger charge is 2.55. The van der Waals surface area contributed by atoms with Gasteiger partial charge in [0.1, 0.15) is 0 Å². The number of hydrogen-bond acceptors (Lipinski definition) is 6. The Balaban J connectivity index is 1.24. The zero-order valence-corrected chi connectivity index (χ0v) is 18.4. The lowest BCUT2D eigenvalue weighted by atomic mass is 9.52. The fraction of sp³-hybridized carbons (Fsp3) is 0.792. The molecule has 1 aromatic rings. The van der Waals surface area contributed by atoms with Crippen molar-refractivity contribution >= 4 is 11.9 Å². The quantitative estimate of drug-likeness (QED) is 0.770.